The van der Waals surface area contributed by atoms with Crippen molar-refractivity contribution in [2.75, 3.05) is 24.7 Å². The number of rotatable bonds is 9. The summed E-state index contributed by atoms with van der Waals surface area (Å²) in [6.07, 6.45) is 8.29. The summed E-state index contributed by atoms with van der Waals surface area (Å²) < 4.78 is 7.75. The van der Waals surface area contributed by atoms with Crippen LogP contribution in [-0.4, -0.2) is 38.2 Å². The summed E-state index contributed by atoms with van der Waals surface area (Å²) in [5, 5.41) is 3.42. The zero-order chi connectivity index (χ0) is 24.2. The van der Waals surface area contributed by atoms with Crippen LogP contribution in [0.15, 0.2) is 42.6 Å². The fourth-order valence-corrected chi connectivity index (χ4v) is 4.87. The van der Waals surface area contributed by atoms with Crippen LogP contribution >= 0.6 is 0 Å². The number of para-hydroxylation sites is 1. The monoisotopic (exact) mass is 472 g/mol. The summed E-state index contributed by atoms with van der Waals surface area (Å²) >= 11 is 0. The van der Waals surface area contributed by atoms with Crippen molar-refractivity contribution in [3.05, 3.63) is 54.0 Å². The Bertz CT molecular complexity index is 1290. The number of fused-ring (bicyclic) bond motifs is 1. The Balaban J connectivity index is 1.41. The first kappa shape index (κ1) is 23.0. The third-order valence-electron chi connectivity index (χ3n) is 6.59. The summed E-state index contributed by atoms with van der Waals surface area (Å²) in [4.78, 5) is 18.7. The van der Waals surface area contributed by atoms with Crippen molar-refractivity contribution in [3.8, 4) is 17.0 Å². The largest absolute Gasteiger partial charge is 0.496 e. The second kappa shape index (κ2) is 10.3. The Kier molecular flexibility index (Phi) is 6.76. The highest BCUT2D eigenvalue weighted by Gasteiger charge is 2.25. The van der Waals surface area contributed by atoms with Crippen molar-refractivity contribution >= 4 is 22.9 Å². The molecule has 1 saturated carbocycles. The molecule has 5 rings (SSSR count). The topological polar surface area (TPSA) is 130 Å². The lowest BCUT2D eigenvalue weighted by atomic mass is 10.1. The highest BCUT2D eigenvalue weighted by atomic mass is 16.5. The first-order valence-corrected chi connectivity index (χ1v) is 12.2. The van der Waals surface area contributed by atoms with Crippen molar-refractivity contribution in [2.24, 2.45) is 5.73 Å². The van der Waals surface area contributed by atoms with Gasteiger partial charge < -0.3 is 26.1 Å². The van der Waals surface area contributed by atoms with Crippen LogP contribution in [0.25, 0.3) is 22.4 Å². The Morgan fingerprint density at radius 2 is 1.91 bits per heavy atom. The quantitative estimate of drug-likeness (QED) is 0.332. The smallest absolute Gasteiger partial charge is 0.224 e. The maximum atomic E-state index is 6.13. The number of methoxy groups -OCH3 is 1. The zero-order valence-electron chi connectivity index (χ0n) is 20.1. The molecule has 3 heterocycles. The molecular weight excluding hydrogens is 440 g/mol. The number of nitrogens with zero attached hydrogens (tertiary/aromatic N) is 5. The second-order valence-electron chi connectivity index (χ2n) is 8.94. The Labute approximate surface area is 205 Å². The van der Waals surface area contributed by atoms with E-state index in [0.717, 1.165) is 65.2 Å². The van der Waals surface area contributed by atoms with E-state index in [4.69, 9.17) is 21.2 Å². The molecule has 182 valence electrons. The molecule has 0 amide bonds. The molecule has 3 aromatic heterocycles. The van der Waals surface area contributed by atoms with Gasteiger partial charge in [-0.3, -0.25) is 4.98 Å². The van der Waals surface area contributed by atoms with Crippen LogP contribution in [0.1, 0.15) is 49.5 Å². The van der Waals surface area contributed by atoms with E-state index in [0.29, 0.717) is 24.9 Å². The van der Waals surface area contributed by atoms with Crippen LogP contribution in [-0.2, 0) is 13.0 Å². The highest BCUT2D eigenvalue weighted by Crippen LogP contribution is 2.35. The minimum Gasteiger partial charge on any atom is -0.496 e. The third kappa shape index (κ3) is 4.77. The standard InChI is InChI=1S/C26H32N8O/c1-35-21-10-5-4-9-19(21)20-13-12-17(15-29-20)16-30-24-23-25(33-26(28)32-24)34(18-7-2-3-8-18)22(31-23)11-6-14-27/h4-5,9-10,12-13,15,18H,2-3,6-8,11,14,16,27H2,1H3,(H3,28,30,32,33). The van der Waals surface area contributed by atoms with E-state index in [-0.39, 0.29) is 5.95 Å². The molecule has 0 atom stereocenters. The molecule has 0 aliphatic heterocycles. The van der Waals surface area contributed by atoms with Crippen molar-refractivity contribution in [1.82, 2.24) is 24.5 Å². The Morgan fingerprint density at radius 1 is 1.09 bits per heavy atom. The lowest BCUT2D eigenvalue weighted by Gasteiger charge is -2.16. The molecule has 0 bridgehead atoms. The summed E-state index contributed by atoms with van der Waals surface area (Å²) in [6, 6.07) is 12.3. The molecule has 35 heavy (non-hydrogen) atoms. The number of aryl methyl sites for hydroxylation is 1. The van der Waals surface area contributed by atoms with Gasteiger partial charge in [0.25, 0.3) is 0 Å². The molecule has 0 radical (unpaired) electrons. The SMILES string of the molecule is COc1ccccc1-c1ccc(CNc2nc(N)nc3c2nc(CCCN)n3C2CCCC2)cn1. The van der Waals surface area contributed by atoms with Crippen LogP contribution in [0.2, 0.25) is 0 Å². The number of aromatic nitrogens is 5. The first-order valence-electron chi connectivity index (χ1n) is 12.2. The summed E-state index contributed by atoms with van der Waals surface area (Å²) in [7, 11) is 1.67. The number of imidazole rings is 1. The summed E-state index contributed by atoms with van der Waals surface area (Å²) in [6.45, 7) is 1.17. The molecule has 0 unspecified atom stereocenters. The van der Waals surface area contributed by atoms with Gasteiger partial charge in [-0.25, -0.2) is 4.98 Å². The number of nitrogen functional groups attached to an aromatic ring is 1. The van der Waals surface area contributed by atoms with E-state index < -0.39 is 0 Å². The fourth-order valence-electron chi connectivity index (χ4n) is 4.87. The van der Waals surface area contributed by atoms with Crippen LogP contribution in [0.5, 0.6) is 5.75 Å². The van der Waals surface area contributed by atoms with E-state index in [9.17, 15) is 0 Å². The van der Waals surface area contributed by atoms with Gasteiger partial charge in [-0.05, 0) is 49.6 Å². The van der Waals surface area contributed by atoms with Gasteiger partial charge in [-0.2, -0.15) is 9.97 Å². The minimum atomic E-state index is 0.245. The number of nitrogens with two attached hydrogens (primary N) is 2. The predicted octanol–water partition coefficient (Wildman–Crippen LogP) is 4.10. The van der Waals surface area contributed by atoms with Gasteiger partial charge in [0, 0.05) is 30.8 Å². The molecule has 0 spiro atoms. The molecular formula is C26H32N8O. The molecule has 0 saturated heterocycles. The minimum absolute atomic E-state index is 0.245. The van der Waals surface area contributed by atoms with Gasteiger partial charge in [0.1, 0.15) is 11.6 Å². The number of anilines is 2. The molecule has 9 nitrogen and oxygen atoms in total. The van der Waals surface area contributed by atoms with Crippen LogP contribution in [0.4, 0.5) is 11.8 Å². The van der Waals surface area contributed by atoms with Crippen LogP contribution < -0.4 is 21.5 Å². The molecule has 1 aromatic carbocycles. The third-order valence-corrected chi connectivity index (χ3v) is 6.59. The predicted molar refractivity (Wildman–Crippen MR) is 138 cm³/mol. The fraction of sp³-hybridized carbons (Fsp3) is 0.385. The van der Waals surface area contributed by atoms with Crippen molar-refractivity contribution in [1.29, 1.82) is 0 Å². The maximum Gasteiger partial charge on any atom is 0.224 e. The molecule has 1 aliphatic carbocycles. The average Bonchev–Trinajstić information content (AvgIpc) is 3.54. The molecule has 5 N–H and O–H groups in total. The van der Waals surface area contributed by atoms with E-state index in [1.54, 1.807) is 7.11 Å². The van der Waals surface area contributed by atoms with Gasteiger partial charge in [0.2, 0.25) is 5.95 Å². The van der Waals surface area contributed by atoms with Gasteiger partial charge in [0.15, 0.2) is 17.0 Å². The second-order valence-corrected chi connectivity index (χ2v) is 8.94. The number of nitrogens with one attached hydrogen (secondary N) is 1. The number of benzene rings is 1. The van der Waals surface area contributed by atoms with Crippen molar-refractivity contribution < 1.29 is 4.74 Å². The maximum absolute atomic E-state index is 6.13. The average molecular weight is 473 g/mol. The van der Waals surface area contributed by atoms with Gasteiger partial charge in [0.05, 0.1) is 12.8 Å². The number of hydrogen-bond acceptors (Lipinski definition) is 8. The lowest BCUT2D eigenvalue weighted by molar-refractivity contribution is 0.416. The summed E-state index contributed by atoms with van der Waals surface area (Å²) in [5.41, 5.74) is 16.3. The number of pyridine rings is 1. The Morgan fingerprint density at radius 3 is 2.66 bits per heavy atom. The Hall–Kier alpha value is -3.72. The van der Waals surface area contributed by atoms with E-state index >= 15 is 0 Å². The van der Waals surface area contributed by atoms with Gasteiger partial charge in [-0.1, -0.05) is 31.0 Å². The molecule has 1 fully saturated rings. The van der Waals surface area contributed by atoms with Crippen LogP contribution in [0, 0.1) is 0 Å². The van der Waals surface area contributed by atoms with Gasteiger partial charge in [-0.15, -0.1) is 0 Å². The normalized spacial score (nSPS) is 14.0. The van der Waals surface area contributed by atoms with E-state index in [1.165, 1.54) is 12.8 Å². The van der Waals surface area contributed by atoms with Crippen LogP contribution in [0.3, 0.4) is 0 Å². The highest BCUT2D eigenvalue weighted by molar-refractivity contribution is 5.85. The van der Waals surface area contributed by atoms with Gasteiger partial charge >= 0.3 is 0 Å². The molecule has 1 aliphatic rings. The van der Waals surface area contributed by atoms with E-state index in [1.807, 2.05) is 42.6 Å². The lowest BCUT2D eigenvalue weighted by Crippen LogP contribution is -2.12. The molecule has 9 heteroatoms. The summed E-state index contributed by atoms with van der Waals surface area (Å²) in [5.74, 6) is 2.71. The number of ether oxygens (including phenoxy) is 1. The first-order chi connectivity index (χ1) is 17.2. The van der Waals surface area contributed by atoms with Crippen molar-refractivity contribution in [3.63, 3.8) is 0 Å². The molecule has 4 aromatic rings. The number of hydrogen-bond donors (Lipinski definition) is 3. The van der Waals surface area contributed by atoms with Crippen molar-refractivity contribution in [2.45, 2.75) is 51.1 Å². The zero-order valence-corrected chi connectivity index (χ0v) is 20.1. The van der Waals surface area contributed by atoms with E-state index in [2.05, 4.69) is 24.8 Å².